The van der Waals surface area contributed by atoms with Crippen LogP contribution in [0.15, 0.2) is 18.2 Å². The second-order valence-electron chi connectivity index (χ2n) is 7.19. The molecule has 0 amide bonds. The quantitative estimate of drug-likeness (QED) is 0.667. The average Bonchev–Trinajstić information content (AvgIpc) is 2.38. The van der Waals surface area contributed by atoms with E-state index < -0.39 is 0 Å². The maximum absolute atomic E-state index is 11.0. The molecule has 1 N–H and O–H groups in total. The summed E-state index contributed by atoms with van der Waals surface area (Å²) in [6, 6.07) is 5.84. The molecule has 0 aliphatic heterocycles. The minimum atomic E-state index is -0.301. The summed E-state index contributed by atoms with van der Waals surface area (Å²) in [6.07, 6.45) is 3.66. The maximum Gasteiger partial charge on any atom is 0.272 e. The smallest absolute Gasteiger partial charge is 0.272 e. The number of benzene rings is 1. The van der Waals surface area contributed by atoms with Crippen LogP contribution in [0, 0.1) is 28.4 Å². The lowest BCUT2D eigenvalue weighted by atomic mass is 9.70. The molecule has 1 aliphatic carbocycles. The molecule has 0 saturated heterocycles. The van der Waals surface area contributed by atoms with Crippen LogP contribution >= 0.6 is 0 Å². The molecule has 1 aliphatic rings. The van der Waals surface area contributed by atoms with E-state index >= 15 is 0 Å². The molecule has 21 heavy (non-hydrogen) atoms. The standard InChI is InChI=1S/C17H26N2O2/c1-12-10-17(3,4)9-8-15(12)18-11-14-6-5-7-16(13(14)2)19(20)21/h5-7,12,15,18H,8-11H2,1-4H3. The molecule has 1 fully saturated rings. The Morgan fingerprint density at radius 1 is 1.43 bits per heavy atom. The summed E-state index contributed by atoms with van der Waals surface area (Å²) in [4.78, 5) is 10.7. The van der Waals surface area contributed by atoms with Gasteiger partial charge in [0.15, 0.2) is 0 Å². The van der Waals surface area contributed by atoms with E-state index in [0.29, 0.717) is 23.9 Å². The number of rotatable bonds is 4. The molecule has 1 saturated carbocycles. The van der Waals surface area contributed by atoms with Crippen molar-refractivity contribution in [1.82, 2.24) is 5.32 Å². The highest BCUT2D eigenvalue weighted by atomic mass is 16.6. The molecule has 0 radical (unpaired) electrons. The van der Waals surface area contributed by atoms with E-state index in [2.05, 4.69) is 26.1 Å². The second-order valence-corrected chi connectivity index (χ2v) is 7.19. The number of nitrogens with one attached hydrogen (secondary N) is 1. The van der Waals surface area contributed by atoms with E-state index in [0.717, 1.165) is 11.1 Å². The van der Waals surface area contributed by atoms with E-state index in [1.807, 2.05) is 13.0 Å². The van der Waals surface area contributed by atoms with Crippen LogP contribution in [-0.2, 0) is 6.54 Å². The van der Waals surface area contributed by atoms with E-state index in [9.17, 15) is 10.1 Å². The summed E-state index contributed by atoms with van der Waals surface area (Å²) < 4.78 is 0. The summed E-state index contributed by atoms with van der Waals surface area (Å²) in [6.45, 7) is 9.53. The zero-order chi connectivity index (χ0) is 15.6. The van der Waals surface area contributed by atoms with Crippen LogP contribution in [0.1, 0.15) is 51.2 Å². The Kier molecular flexibility index (Phi) is 4.67. The van der Waals surface area contributed by atoms with Gasteiger partial charge in [-0.2, -0.15) is 0 Å². The molecule has 0 bridgehead atoms. The SMILES string of the molecule is Cc1c(CNC2CCC(C)(C)CC2C)cccc1[N+](=O)[O-]. The lowest BCUT2D eigenvalue weighted by Gasteiger charge is -2.39. The van der Waals surface area contributed by atoms with Gasteiger partial charge >= 0.3 is 0 Å². The Hall–Kier alpha value is -1.42. The zero-order valence-corrected chi connectivity index (χ0v) is 13.5. The summed E-state index contributed by atoms with van der Waals surface area (Å²) >= 11 is 0. The van der Waals surface area contributed by atoms with Crippen LogP contribution in [0.4, 0.5) is 5.69 Å². The normalized spacial score (nSPS) is 24.8. The van der Waals surface area contributed by atoms with E-state index in [-0.39, 0.29) is 10.6 Å². The molecule has 0 aromatic heterocycles. The van der Waals surface area contributed by atoms with E-state index in [1.165, 1.54) is 19.3 Å². The van der Waals surface area contributed by atoms with E-state index in [1.54, 1.807) is 12.1 Å². The van der Waals surface area contributed by atoms with Crippen LogP contribution in [0.5, 0.6) is 0 Å². The molecular weight excluding hydrogens is 264 g/mol. The Bertz CT molecular complexity index is 526. The van der Waals surface area contributed by atoms with Crippen LogP contribution in [-0.4, -0.2) is 11.0 Å². The highest BCUT2D eigenvalue weighted by Gasteiger charge is 2.32. The molecule has 116 valence electrons. The van der Waals surface area contributed by atoms with Gasteiger partial charge < -0.3 is 5.32 Å². The molecule has 0 heterocycles. The fourth-order valence-corrected chi connectivity index (χ4v) is 3.55. The van der Waals surface area contributed by atoms with Gasteiger partial charge in [0.25, 0.3) is 5.69 Å². The number of hydrogen-bond acceptors (Lipinski definition) is 3. The maximum atomic E-state index is 11.0. The van der Waals surface area contributed by atoms with Crippen molar-refractivity contribution in [3.05, 3.63) is 39.4 Å². The zero-order valence-electron chi connectivity index (χ0n) is 13.5. The molecule has 4 heteroatoms. The molecule has 1 aromatic carbocycles. The Morgan fingerprint density at radius 3 is 2.76 bits per heavy atom. The monoisotopic (exact) mass is 290 g/mol. The Balaban J connectivity index is 2.01. The van der Waals surface area contributed by atoms with Gasteiger partial charge in [0.2, 0.25) is 0 Å². The lowest BCUT2D eigenvalue weighted by Crippen LogP contribution is -2.41. The van der Waals surface area contributed by atoms with E-state index in [4.69, 9.17) is 0 Å². The van der Waals surface area contributed by atoms with Crippen LogP contribution in [0.25, 0.3) is 0 Å². The third kappa shape index (κ3) is 3.82. The minimum Gasteiger partial charge on any atom is -0.310 e. The van der Waals surface area contributed by atoms with Crippen LogP contribution in [0.2, 0.25) is 0 Å². The molecular formula is C17H26N2O2. The average molecular weight is 290 g/mol. The first-order valence-corrected chi connectivity index (χ1v) is 7.76. The predicted octanol–water partition coefficient (Wildman–Crippen LogP) is 4.21. The second kappa shape index (κ2) is 6.14. The summed E-state index contributed by atoms with van der Waals surface area (Å²) in [7, 11) is 0. The highest BCUT2D eigenvalue weighted by Crippen LogP contribution is 2.38. The number of nitro benzene ring substituents is 1. The fraction of sp³-hybridized carbons (Fsp3) is 0.647. The van der Waals surface area contributed by atoms with Crippen molar-refractivity contribution < 1.29 is 4.92 Å². The van der Waals surface area contributed by atoms with Crippen molar-refractivity contribution >= 4 is 5.69 Å². The van der Waals surface area contributed by atoms with Gasteiger partial charge in [0, 0.05) is 24.2 Å². The number of nitrogens with zero attached hydrogens (tertiary/aromatic N) is 1. The topological polar surface area (TPSA) is 55.2 Å². The molecule has 2 rings (SSSR count). The third-order valence-electron chi connectivity index (χ3n) is 4.86. The van der Waals surface area contributed by atoms with Crippen molar-refractivity contribution in [3.63, 3.8) is 0 Å². The molecule has 0 spiro atoms. The number of hydrogen-bond donors (Lipinski definition) is 1. The molecule has 1 aromatic rings. The lowest BCUT2D eigenvalue weighted by molar-refractivity contribution is -0.385. The van der Waals surface area contributed by atoms with Crippen molar-refractivity contribution in [2.24, 2.45) is 11.3 Å². The fourth-order valence-electron chi connectivity index (χ4n) is 3.55. The van der Waals surface area contributed by atoms with Gasteiger partial charge in [-0.25, -0.2) is 0 Å². The highest BCUT2D eigenvalue weighted by molar-refractivity contribution is 5.44. The molecule has 2 atom stereocenters. The minimum absolute atomic E-state index is 0.215. The number of nitro groups is 1. The van der Waals surface area contributed by atoms with Gasteiger partial charge in [-0.05, 0) is 43.1 Å². The summed E-state index contributed by atoms with van der Waals surface area (Å²) in [5, 5.41) is 14.6. The van der Waals surface area contributed by atoms with Crippen molar-refractivity contribution in [3.8, 4) is 0 Å². The van der Waals surface area contributed by atoms with Crippen molar-refractivity contribution in [1.29, 1.82) is 0 Å². The van der Waals surface area contributed by atoms with Crippen LogP contribution in [0.3, 0.4) is 0 Å². The van der Waals surface area contributed by atoms with Gasteiger partial charge in [0.1, 0.15) is 0 Å². The van der Waals surface area contributed by atoms with Crippen molar-refractivity contribution in [2.75, 3.05) is 0 Å². The first kappa shape index (κ1) is 16.0. The van der Waals surface area contributed by atoms with Crippen LogP contribution < -0.4 is 5.32 Å². The van der Waals surface area contributed by atoms with Gasteiger partial charge in [-0.15, -0.1) is 0 Å². The summed E-state index contributed by atoms with van der Waals surface area (Å²) in [5.41, 5.74) is 2.46. The Labute approximate surface area is 127 Å². The van der Waals surface area contributed by atoms with Gasteiger partial charge in [0.05, 0.1) is 4.92 Å². The van der Waals surface area contributed by atoms with Gasteiger partial charge in [-0.1, -0.05) is 32.9 Å². The predicted molar refractivity (Wildman–Crippen MR) is 85.3 cm³/mol. The van der Waals surface area contributed by atoms with Gasteiger partial charge in [-0.3, -0.25) is 10.1 Å². The Morgan fingerprint density at radius 2 is 2.14 bits per heavy atom. The first-order valence-electron chi connectivity index (χ1n) is 7.76. The van der Waals surface area contributed by atoms with Crippen molar-refractivity contribution in [2.45, 2.75) is 59.5 Å². The molecule has 2 unspecified atom stereocenters. The third-order valence-corrected chi connectivity index (χ3v) is 4.86. The largest absolute Gasteiger partial charge is 0.310 e. The first-order chi connectivity index (χ1) is 9.80. The summed E-state index contributed by atoms with van der Waals surface area (Å²) in [5.74, 6) is 0.646. The molecule has 4 nitrogen and oxygen atoms in total.